The maximum atomic E-state index is 12.7. The number of amides is 1. The number of carbonyl (C=O) groups excluding carboxylic acids is 1. The van der Waals surface area contributed by atoms with Gasteiger partial charge in [0, 0.05) is 37.8 Å². The molecule has 31 heavy (non-hydrogen) atoms. The Morgan fingerprint density at radius 2 is 2.03 bits per heavy atom. The highest BCUT2D eigenvalue weighted by Crippen LogP contribution is 2.38. The molecule has 4 heterocycles. The topological polar surface area (TPSA) is 80.5 Å². The summed E-state index contributed by atoms with van der Waals surface area (Å²) in [5.74, 6) is 1.96. The Morgan fingerprint density at radius 1 is 1.26 bits per heavy atom. The number of rotatable bonds is 5. The average Bonchev–Trinajstić information content (AvgIpc) is 3.11. The lowest BCUT2D eigenvalue weighted by Gasteiger charge is -2.33. The number of carbonyl (C=O) groups is 1. The van der Waals surface area contributed by atoms with Crippen LogP contribution in [0.25, 0.3) is 0 Å². The van der Waals surface area contributed by atoms with Gasteiger partial charge in [0.25, 0.3) is 0 Å². The molecule has 0 radical (unpaired) electrons. The van der Waals surface area contributed by atoms with Crippen molar-refractivity contribution >= 4 is 17.4 Å². The van der Waals surface area contributed by atoms with E-state index < -0.39 is 0 Å². The number of hydrogen-bond donors (Lipinski definition) is 1. The molecule has 168 valence electrons. The summed E-state index contributed by atoms with van der Waals surface area (Å²) in [6.07, 6.45) is 4.31. The SMILES string of the molecule is Cc1cc(CN2CCCc3nc(NC(=O)CC(C)(C)C)c(C4CCOCC4)cc32)on1. The Kier molecular flexibility index (Phi) is 6.32. The van der Waals surface area contributed by atoms with E-state index in [-0.39, 0.29) is 11.3 Å². The number of nitrogens with one attached hydrogen (secondary N) is 1. The number of pyridine rings is 1. The number of fused-ring (bicyclic) bond motifs is 1. The van der Waals surface area contributed by atoms with Crippen molar-refractivity contribution in [1.82, 2.24) is 10.1 Å². The molecule has 0 aliphatic carbocycles. The van der Waals surface area contributed by atoms with Crippen LogP contribution in [0.5, 0.6) is 0 Å². The lowest BCUT2D eigenvalue weighted by atomic mass is 9.89. The van der Waals surface area contributed by atoms with E-state index in [1.165, 1.54) is 0 Å². The van der Waals surface area contributed by atoms with E-state index in [0.29, 0.717) is 18.9 Å². The number of hydrogen-bond acceptors (Lipinski definition) is 6. The van der Waals surface area contributed by atoms with Crippen molar-refractivity contribution in [1.29, 1.82) is 0 Å². The molecule has 2 aromatic heterocycles. The van der Waals surface area contributed by atoms with Gasteiger partial charge in [0.05, 0.1) is 23.6 Å². The number of ether oxygens (including phenoxy) is 1. The average molecular weight is 427 g/mol. The highest BCUT2D eigenvalue weighted by atomic mass is 16.5. The molecular weight excluding hydrogens is 392 g/mol. The fourth-order valence-electron chi connectivity index (χ4n) is 4.49. The Hall–Kier alpha value is -2.41. The third-order valence-corrected chi connectivity index (χ3v) is 5.92. The first-order valence-electron chi connectivity index (χ1n) is 11.4. The summed E-state index contributed by atoms with van der Waals surface area (Å²) in [5, 5.41) is 7.17. The Morgan fingerprint density at radius 3 is 2.71 bits per heavy atom. The van der Waals surface area contributed by atoms with E-state index in [2.05, 4.69) is 42.2 Å². The van der Waals surface area contributed by atoms with Gasteiger partial charge in [0.1, 0.15) is 5.82 Å². The van der Waals surface area contributed by atoms with Gasteiger partial charge >= 0.3 is 0 Å². The summed E-state index contributed by atoms with van der Waals surface area (Å²) < 4.78 is 11.1. The van der Waals surface area contributed by atoms with Gasteiger partial charge in [-0.25, -0.2) is 4.98 Å². The smallest absolute Gasteiger partial charge is 0.226 e. The molecule has 1 amide bonds. The predicted molar refractivity (Wildman–Crippen MR) is 120 cm³/mol. The molecule has 2 aliphatic heterocycles. The van der Waals surface area contributed by atoms with Crippen molar-refractivity contribution in [2.45, 2.75) is 72.3 Å². The Labute approximate surface area is 184 Å². The van der Waals surface area contributed by atoms with Crippen LogP contribution in [-0.4, -0.2) is 35.8 Å². The molecule has 0 spiro atoms. The highest BCUT2D eigenvalue weighted by Gasteiger charge is 2.27. The third kappa shape index (κ3) is 5.45. The molecule has 0 saturated carbocycles. The van der Waals surface area contributed by atoms with Gasteiger partial charge in [-0.05, 0) is 50.0 Å². The maximum absolute atomic E-state index is 12.7. The van der Waals surface area contributed by atoms with Crippen LogP contribution < -0.4 is 10.2 Å². The lowest BCUT2D eigenvalue weighted by Crippen LogP contribution is -2.30. The van der Waals surface area contributed by atoms with Crippen LogP contribution in [-0.2, 0) is 22.5 Å². The van der Waals surface area contributed by atoms with Crippen LogP contribution in [0.4, 0.5) is 11.5 Å². The van der Waals surface area contributed by atoms with Crippen LogP contribution in [0.3, 0.4) is 0 Å². The zero-order chi connectivity index (χ0) is 22.0. The summed E-state index contributed by atoms with van der Waals surface area (Å²) in [6.45, 7) is 11.3. The zero-order valence-corrected chi connectivity index (χ0v) is 19.2. The minimum absolute atomic E-state index is 0.0260. The first-order valence-corrected chi connectivity index (χ1v) is 11.4. The molecule has 2 aliphatic rings. The van der Waals surface area contributed by atoms with Crippen molar-refractivity contribution in [3.05, 3.63) is 34.8 Å². The van der Waals surface area contributed by atoms with Gasteiger partial charge < -0.3 is 19.5 Å². The van der Waals surface area contributed by atoms with Gasteiger partial charge in [0.15, 0.2) is 5.76 Å². The fraction of sp³-hybridized carbons (Fsp3) is 0.625. The first-order chi connectivity index (χ1) is 14.8. The number of anilines is 2. The molecule has 0 atom stereocenters. The second kappa shape index (κ2) is 8.99. The number of nitrogens with zero attached hydrogens (tertiary/aromatic N) is 3. The van der Waals surface area contributed by atoms with E-state index in [4.69, 9.17) is 14.2 Å². The van der Waals surface area contributed by atoms with Crippen molar-refractivity contribution in [2.24, 2.45) is 5.41 Å². The van der Waals surface area contributed by atoms with Gasteiger partial charge in [-0.15, -0.1) is 0 Å². The first kappa shape index (κ1) is 21.8. The van der Waals surface area contributed by atoms with E-state index in [9.17, 15) is 4.79 Å². The minimum atomic E-state index is -0.0663. The molecular formula is C24H34N4O3. The molecule has 0 bridgehead atoms. The molecule has 7 nitrogen and oxygen atoms in total. The van der Waals surface area contributed by atoms with Crippen molar-refractivity contribution in [3.63, 3.8) is 0 Å². The van der Waals surface area contributed by atoms with Gasteiger partial charge in [-0.3, -0.25) is 4.79 Å². The van der Waals surface area contributed by atoms with Crippen molar-refractivity contribution < 1.29 is 14.1 Å². The van der Waals surface area contributed by atoms with Crippen molar-refractivity contribution in [3.8, 4) is 0 Å². The maximum Gasteiger partial charge on any atom is 0.226 e. The van der Waals surface area contributed by atoms with Gasteiger partial charge in [0.2, 0.25) is 5.91 Å². The standard InChI is InChI=1S/C24H34N4O3/c1-16-12-18(31-27-16)15-28-9-5-6-20-21(28)13-19(17-7-10-30-11-8-17)23(25-20)26-22(29)14-24(2,3)4/h12-13,17H,5-11,14-15H2,1-4H3,(H,25,26,29). The van der Waals surface area contributed by atoms with Crippen LogP contribution in [0.1, 0.15) is 75.1 Å². The van der Waals surface area contributed by atoms with E-state index >= 15 is 0 Å². The van der Waals surface area contributed by atoms with Crippen molar-refractivity contribution in [2.75, 3.05) is 30.0 Å². The van der Waals surface area contributed by atoms with Crippen LogP contribution in [0.2, 0.25) is 0 Å². The summed E-state index contributed by atoms with van der Waals surface area (Å²) in [6, 6.07) is 4.25. The van der Waals surface area contributed by atoms with E-state index in [0.717, 1.165) is 79.7 Å². The summed E-state index contributed by atoms with van der Waals surface area (Å²) >= 11 is 0. The summed E-state index contributed by atoms with van der Waals surface area (Å²) in [5.41, 5.74) is 4.15. The van der Waals surface area contributed by atoms with Gasteiger partial charge in [-0.1, -0.05) is 25.9 Å². The monoisotopic (exact) mass is 426 g/mol. The summed E-state index contributed by atoms with van der Waals surface area (Å²) in [4.78, 5) is 20.1. The quantitative estimate of drug-likeness (QED) is 0.753. The molecule has 1 N–H and O–H groups in total. The molecule has 4 rings (SSSR count). The summed E-state index contributed by atoms with van der Waals surface area (Å²) in [7, 11) is 0. The normalized spacial score (nSPS) is 17.5. The second-order valence-electron chi connectivity index (χ2n) is 10.0. The van der Waals surface area contributed by atoms with Crippen LogP contribution >= 0.6 is 0 Å². The van der Waals surface area contributed by atoms with Crippen LogP contribution in [0, 0.1) is 12.3 Å². The molecule has 0 aromatic carbocycles. The number of aromatic nitrogens is 2. The largest absolute Gasteiger partial charge is 0.381 e. The molecule has 0 unspecified atom stereocenters. The second-order valence-corrected chi connectivity index (χ2v) is 10.0. The Bertz CT molecular complexity index is 925. The lowest BCUT2D eigenvalue weighted by molar-refractivity contribution is -0.117. The minimum Gasteiger partial charge on any atom is -0.381 e. The third-order valence-electron chi connectivity index (χ3n) is 5.92. The number of aryl methyl sites for hydroxylation is 2. The molecule has 2 aromatic rings. The van der Waals surface area contributed by atoms with E-state index in [1.807, 2.05) is 13.0 Å². The zero-order valence-electron chi connectivity index (χ0n) is 19.2. The fourth-order valence-corrected chi connectivity index (χ4v) is 4.49. The molecule has 1 saturated heterocycles. The van der Waals surface area contributed by atoms with Gasteiger partial charge in [-0.2, -0.15) is 0 Å². The highest BCUT2D eigenvalue weighted by molar-refractivity contribution is 5.91. The molecule has 7 heteroatoms. The predicted octanol–water partition coefficient (Wildman–Crippen LogP) is 4.60. The van der Waals surface area contributed by atoms with Crippen LogP contribution in [0.15, 0.2) is 16.7 Å². The van der Waals surface area contributed by atoms with E-state index in [1.54, 1.807) is 0 Å². The molecule has 1 fully saturated rings. The Balaban J connectivity index is 1.66.